The standard InChI is InChI=1S/C33H40O5/c1-9-16-38-33-23(14-11-19(4)5)27-29(30(35)24(33)15-12-20(6)7)32(37)28-25(34)17-21(8)22(13-10-18(2)3)26(28)31(27)36/h9-12,17,31,34-36H,1,13-16H2,2-8H3/t31-/m1/s1. The van der Waals surface area contributed by atoms with Crippen molar-refractivity contribution in [3.8, 4) is 17.2 Å². The molecule has 0 saturated carbocycles. The first-order valence-electron chi connectivity index (χ1n) is 13.0. The van der Waals surface area contributed by atoms with Gasteiger partial charge in [0.05, 0.1) is 11.1 Å². The smallest absolute Gasteiger partial charge is 0.201 e. The first-order chi connectivity index (χ1) is 17.9. The van der Waals surface area contributed by atoms with Crippen molar-refractivity contribution in [2.75, 3.05) is 6.61 Å². The summed E-state index contributed by atoms with van der Waals surface area (Å²) in [5.74, 6) is -0.468. The zero-order valence-corrected chi connectivity index (χ0v) is 23.7. The molecule has 0 fully saturated rings. The highest BCUT2D eigenvalue weighted by Crippen LogP contribution is 2.50. The van der Waals surface area contributed by atoms with E-state index in [2.05, 4.69) is 6.58 Å². The molecular formula is C33H40O5. The van der Waals surface area contributed by atoms with Gasteiger partial charge in [-0.05, 0) is 84.9 Å². The molecular weight excluding hydrogens is 476 g/mol. The van der Waals surface area contributed by atoms with Crippen LogP contribution in [0.1, 0.15) is 96.9 Å². The number of hydrogen-bond donors (Lipinski definition) is 3. The molecule has 3 N–H and O–H groups in total. The van der Waals surface area contributed by atoms with Gasteiger partial charge in [0.25, 0.3) is 0 Å². The first-order valence-corrected chi connectivity index (χ1v) is 13.0. The molecule has 38 heavy (non-hydrogen) atoms. The second-order valence-electron chi connectivity index (χ2n) is 10.7. The van der Waals surface area contributed by atoms with Gasteiger partial charge in [0.2, 0.25) is 5.78 Å². The lowest BCUT2D eigenvalue weighted by atomic mass is 9.74. The van der Waals surface area contributed by atoms with Crippen LogP contribution in [-0.2, 0) is 19.3 Å². The van der Waals surface area contributed by atoms with Crippen molar-refractivity contribution in [3.63, 3.8) is 0 Å². The predicted molar refractivity (Wildman–Crippen MR) is 154 cm³/mol. The van der Waals surface area contributed by atoms with Crippen LogP contribution >= 0.6 is 0 Å². The number of aromatic hydroxyl groups is 2. The summed E-state index contributed by atoms with van der Waals surface area (Å²) in [4.78, 5) is 14.1. The number of rotatable bonds is 9. The first kappa shape index (κ1) is 29.0. The minimum atomic E-state index is -1.24. The van der Waals surface area contributed by atoms with Crippen molar-refractivity contribution in [3.05, 3.63) is 98.2 Å². The van der Waals surface area contributed by atoms with Gasteiger partial charge < -0.3 is 20.1 Å². The quantitative estimate of drug-likeness (QED) is 0.309. The zero-order valence-electron chi connectivity index (χ0n) is 23.7. The molecule has 0 bridgehead atoms. The Bertz CT molecular complexity index is 1360. The second kappa shape index (κ2) is 11.9. The van der Waals surface area contributed by atoms with Crippen LogP contribution < -0.4 is 4.74 Å². The Morgan fingerprint density at radius 1 is 0.868 bits per heavy atom. The molecule has 0 amide bonds. The number of carbonyl (C=O) groups is 1. The zero-order chi connectivity index (χ0) is 28.3. The Balaban J connectivity index is 2.47. The number of carbonyl (C=O) groups excluding carboxylic acids is 1. The van der Waals surface area contributed by atoms with Gasteiger partial charge in [0.15, 0.2) is 0 Å². The second-order valence-corrected chi connectivity index (χ2v) is 10.7. The van der Waals surface area contributed by atoms with Crippen molar-refractivity contribution in [2.45, 2.75) is 73.8 Å². The molecule has 1 atom stereocenters. The van der Waals surface area contributed by atoms with E-state index in [0.717, 1.165) is 27.8 Å². The number of aryl methyl sites for hydroxylation is 1. The SMILES string of the molecule is C=CCOc1c(CC=C(C)C)c(O)c2c(c1CC=C(C)C)[C@H](O)c1c(CC=C(C)C)c(C)cc(O)c1C2=O. The van der Waals surface area contributed by atoms with E-state index in [0.29, 0.717) is 47.3 Å². The minimum absolute atomic E-state index is 0.0255. The Morgan fingerprint density at radius 3 is 1.89 bits per heavy atom. The number of phenolic OH excluding ortho intramolecular Hbond substituents is 2. The van der Waals surface area contributed by atoms with Crippen LogP contribution in [0.4, 0.5) is 0 Å². The molecule has 3 rings (SSSR count). The summed E-state index contributed by atoms with van der Waals surface area (Å²) in [5, 5.41) is 34.4. The number of hydrogen-bond acceptors (Lipinski definition) is 5. The van der Waals surface area contributed by atoms with Crippen LogP contribution in [0.2, 0.25) is 0 Å². The maximum Gasteiger partial charge on any atom is 0.201 e. The molecule has 5 nitrogen and oxygen atoms in total. The van der Waals surface area contributed by atoms with E-state index in [1.807, 2.05) is 66.7 Å². The third-order valence-electron chi connectivity index (χ3n) is 6.83. The molecule has 0 unspecified atom stereocenters. The van der Waals surface area contributed by atoms with E-state index in [1.165, 1.54) is 0 Å². The lowest BCUT2D eigenvalue weighted by Gasteiger charge is -2.32. The van der Waals surface area contributed by atoms with Gasteiger partial charge in [-0.25, -0.2) is 0 Å². The van der Waals surface area contributed by atoms with Crippen LogP contribution in [0.15, 0.2) is 53.7 Å². The number of ether oxygens (including phenoxy) is 1. The monoisotopic (exact) mass is 516 g/mol. The van der Waals surface area contributed by atoms with Crippen molar-refractivity contribution >= 4 is 5.78 Å². The summed E-state index contributed by atoms with van der Waals surface area (Å²) in [5.41, 5.74) is 6.73. The Hall–Kier alpha value is -3.57. The van der Waals surface area contributed by atoms with E-state index in [-0.39, 0.29) is 29.2 Å². The van der Waals surface area contributed by atoms with Crippen LogP contribution in [-0.4, -0.2) is 27.7 Å². The number of aliphatic hydroxyl groups is 1. The normalized spacial score (nSPS) is 13.8. The van der Waals surface area contributed by atoms with E-state index < -0.39 is 11.9 Å². The highest BCUT2D eigenvalue weighted by atomic mass is 16.5. The van der Waals surface area contributed by atoms with Crippen molar-refractivity contribution in [1.82, 2.24) is 0 Å². The molecule has 202 valence electrons. The molecule has 0 radical (unpaired) electrons. The molecule has 0 aromatic heterocycles. The van der Waals surface area contributed by atoms with Crippen LogP contribution in [0.3, 0.4) is 0 Å². The maximum atomic E-state index is 14.1. The molecule has 5 heteroatoms. The summed E-state index contributed by atoms with van der Waals surface area (Å²) in [6.07, 6.45) is 7.66. The largest absolute Gasteiger partial charge is 0.507 e. The highest BCUT2D eigenvalue weighted by molar-refractivity contribution is 6.16. The Labute approximate surface area is 226 Å². The van der Waals surface area contributed by atoms with Crippen molar-refractivity contribution in [1.29, 1.82) is 0 Å². The van der Waals surface area contributed by atoms with Crippen molar-refractivity contribution < 1.29 is 24.9 Å². The third kappa shape index (κ3) is 5.63. The fraction of sp³-hybridized carbons (Fsp3) is 0.364. The van der Waals surface area contributed by atoms with Crippen LogP contribution in [0, 0.1) is 6.92 Å². The van der Waals surface area contributed by atoms with Gasteiger partial charge in [-0.2, -0.15) is 0 Å². The Kier molecular flexibility index (Phi) is 9.05. The van der Waals surface area contributed by atoms with Gasteiger partial charge in [-0.3, -0.25) is 4.79 Å². The summed E-state index contributed by atoms with van der Waals surface area (Å²) in [6, 6.07) is 1.56. The van der Waals surface area contributed by atoms with Gasteiger partial charge in [0.1, 0.15) is 30.0 Å². The topological polar surface area (TPSA) is 87.0 Å². The molecule has 2 aromatic carbocycles. The fourth-order valence-corrected chi connectivity index (χ4v) is 4.95. The van der Waals surface area contributed by atoms with Crippen LogP contribution in [0.5, 0.6) is 17.2 Å². The molecule has 0 aliphatic heterocycles. The molecule has 0 saturated heterocycles. The predicted octanol–water partition coefficient (Wildman–Crippen LogP) is 7.12. The minimum Gasteiger partial charge on any atom is -0.507 e. The van der Waals surface area contributed by atoms with E-state index in [1.54, 1.807) is 12.1 Å². The van der Waals surface area contributed by atoms with Gasteiger partial charge in [-0.15, -0.1) is 0 Å². The molecule has 1 aliphatic carbocycles. The fourth-order valence-electron chi connectivity index (χ4n) is 4.95. The number of ketones is 1. The molecule has 0 heterocycles. The number of benzene rings is 2. The van der Waals surface area contributed by atoms with Gasteiger partial charge in [0, 0.05) is 22.3 Å². The van der Waals surface area contributed by atoms with Gasteiger partial charge >= 0.3 is 0 Å². The average Bonchev–Trinajstić information content (AvgIpc) is 2.82. The number of fused-ring (bicyclic) bond motifs is 2. The summed E-state index contributed by atoms with van der Waals surface area (Å²) in [7, 11) is 0. The molecule has 0 spiro atoms. The maximum absolute atomic E-state index is 14.1. The van der Waals surface area contributed by atoms with E-state index >= 15 is 0 Å². The van der Waals surface area contributed by atoms with Crippen molar-refractivity contribution in [2.24, 2.45) is 0 Å². The molecule has 2 aromatic rings. The summed E-state index contributed by atoms with van der Waals surface area (Å²) < 4.78 is 6.14. The van der Waals surface area contributed by atoms with Gasteiger partial charge in [-0.1, -0.05) is 47.6 Å². The lowest BCUT2D eigenvalue weighted by Crippen LogP contribution is -2.25. The summed E-state index contributed by atoms with van der Waals surface area (Å²) >= 11 is 0. The third-order valence-corrected chi connectivity index (χ3v) is 6.83. The Morgan fingerprint density at radius 2 is 1.37 bits per heavy atom. The number of allylic oxidation sites excluding steroid dienone is 6. The van der Waals surface area contributed by atoms with Crippen LogP contribution in [0.25, 0.3) is 0 Å². The number of aliphatic hydroxyl groups excluding tert-OH is 1. The summed E-state index contributed by atoms with van der Waals surface area (Å²) in [6.45, 7) is 17.7. The van der Waals surface area contributed by atoms with E-state index in [4.69, 9.17) is 4.74 Å². The van der Waals surface area contributed by atoms with E-state index in [9.17, 15) is 20.1 Å². The molecule has 1 aliphatic rings. The average molecular weight is 517 g/mol. The highest BCUT2D eigenvalue weighted by Gasteiger charge is 2.40. The lowest BCUT2D eigenvalue weighted by molar-refractivity contribution is 0.101. The number of phenols is 2.